The van der Waals surface area contributed by atoms with Crippen LogP contribution in [0.1, 0.15) is 13.3 Å². The zero-order valence-corrected chi connectivity index (χ0v) is 14.9. The third-order valence-electron chi connectivity index (χ3n) is 3.91. The second kappa shape index (κ2) is 8.38. The molecule has 0 radical (unpaired) electrons. The molecular weight excluding hydrogens is 369 g/mol. The fraction of sp³-hybridized carbons (Fsp3) is 0.211. The number of hydrogen-bond donors (Lipinski definition) is 3. The van der Waals surface area contributed by atoms with Crippen molar-refractivity contribution in [2.75, 3.05) is 5.32 Å². The van der Waals surface area contributed by atoms with Gasteiger partial charge in [-0.3, -0.25) is 25.2 Å². The number of para-hydroxylation sites is 3. The first-order valence-electron chi connectivity index (χ1n) is 8.50. The van der Waals surface area contributed by atoms with Crippen LogP contribution < -0.4 is 25.6 Å². The highest BCUT2D eigenvalue weighted by molar-refractivity contribution is 6.00. The molecule has 2 atom stereocenters. The van der Waals surface area contributed by atoms with E-state index in [0.717, 1.165) is 0 Å². The Hall–Kier alpha value is -3.62. The molecule has 28 heavy (non-hydrogen) atoms. The van der Waals surface area contributed by atoms with Crippen molar-refractivity contribution in [1.82, 2.24) is 10.9 Å². The molecule has 3 rings (SSSR count). The lowest BCUT2D eigenvalue weighted by molar-refractivity contribution is -0.135. The zero-order valence-electron chi connectivity index (χ0n) is 14.9. The molecule has 0 saturated carbocycles. The molecule has 3 N–H and O–H groups in total. The van der Waals surface area contributed by atoms with Gasteiger partial charge in [0.15, 0.2) is 23.8 Å². The minimum Gasteiger partial charge on any atom is -0.478 e. The number of nitrogens with one attached hydrogen (secondary N) is 3. The normalized spacial score (nSPS) is 16.1. The molecule has 0 spiro atoms. The summed E-state index contributed by atoms with van der Waals surface area (Å²) in [6.07, 6.45) is -2.39. The first kappa shape index (κ1) is 19.2. The van der Waals surface area contributed by atoms with Gasteiger partial charge in [-0.1, -0.05) is 24.3 Å². The van der Waals surface area contributed by atoms with Crippen LogP contribution in [0.15, 0.2) is 48.5 Å². The van der Waals surface area contributed by atoms with Crippen LogP contribution in [0, 0.1) is 5.82 Å². The summed E-state index contributed by atoms with van der Waals surface area (Å²) in [6, 6.07) is 12.5. The molecule has 1 aliphatic heterocycles. The second-order valence-corrected chi connectivity index (χ2v) is 6.02. The van der Waals surface area contributed by atoms with Gasteiger partial charge < -0.3 is 14.8 Å². The molecule has 0 fully saturated rings. The molecular formula is C19H18FN3O5. The van der Waals surface area contributed by atoms with Crippen LogP contribution in [-0.4, -0.2) is 29.9 Å². The third kappa shape index (κ3) is 4.56. The molecule has 1 aliphatic rings. The Morgan fingerprint density at radius 2 is 1.89 bits per heavy atom. The zero-order chi connectivity index (χ0) is 20.1. The summed E-state index contributed by atoms with van der Waals surface area (Å²) in [5.74, 6) is -2.01. The SMILES string of the molecule is C[C@@H](Oc1ccccc1F)C(=O)NNC(=O)C[C@@H]1Oc2ccccc2NC1=O. The van der Waals surface area contributed by atoms with Crippen molar-refractivity contribution >= 4 is 23.4 Å². The Labute approximate surface area is 160 Å². The highest BCUT2D eigenvalue weighted by atomic mass is 19.1. The fourth-order valence-electron chi connectivity index (χ4n) is 2.46. The van der Waals surface area contributed by atoms with E-state index < -0.39 is 35.7 Å². The monoisotopic (exact) mass is 387 g/mol. The Morgan fingerprint density at radius 3 is 2.68 bits per heavy atom. The van der Waals surface area contributed by atoms with Gasteiger partial charge in [-0.25, -0.2) is 4.39 Å². The number of fused-ring (bicyclic) bond motifs is 1. The minimum absolute atomic E-state index is 0.0811. The maximum Gasteiger partial charge on any atom is 0.279 e. The van der Waals surface area contributed by atoms with E-state index in [1.165, 1.54) is 25.1 Å². The number of carbonyl (C=O) groups excluding carboxylic acids is 3. The quantitative estimate of drug-likeness (QED) is 0.675. The van der Waals surface area contributed by atoms with E-state index in [0.29, 0.717) is 11.4 Å². The standard InChI is InChI=1S/C19H18FN3O5/c1-11(27-14-8-4-2-6-12(14)20)18(25)23-22-17(24)10-16-19(26)21-13-7-3-5-9-15(13)28-16/h2-9,11,16H,10H2,1H3,(H,21,26)(H,22,24)(H,23,25)/t11-,16+/m1/s1. The van der Waals surface area contributed by atoms with Gasteiger partial charge >= 0.3 is 0 Å². The Kier molecular flexibility index (Phi) is 5.73. The maximum absolute atomic E-state index is 13.6. The van der Waals surface area contributed by atoms with Crippen LogP contribution in [0.3, 0.4) is 0 Å². The number of benzene rings is 2. The number of anilines is 1. The van der Waals surface area contributed by atoms with Crippen molar-refractivity contribution < 1.29 is 28.2 Å². The van der Waals surface area contributed by atoms with Crippen LogP contribution >= 0.6 is 0 Å². The summed E-state index contributed by atoms with van der Waals surface area (Å²) < 4.78 is 24.3. The lowest BCUT2D eigenvalue weighted by Gasteiger charge is -2.25. The Bertz CT molecular complexity index is 905. The van der Waals surface area contributed by atoms with Gasteiger partial charge in [0, 0.05) is 0 Å². The topological polar surface area (TPSA) is 106 Å². The summed E-state index contributed by atoms with van der Waals surface area (Å²) in [6.45, 7) is 1.41. The summed E-state index contributed by atoms with van der Waals surface area (Å²) in [7, 11) is 0. The van der Waals surface area contributed by atoms with Crippen LogP contribution in [0.5, 0.6) is 11.5 Å². The molecule has 1 heterocycles. The van der Waals surface area contributed by atoms with Crippen molar-refractivity contribution in [3.8, 4) is 11.5 Å². The summed E-state index contributed by atoms with van der Waals surface area (Å²) in [4.78, 5) is 36.0. The number of hydrogen-bond acceptors (Lipinski definition) is 5. The maximum atomic E-state index is 13.6. The van der Waals surface area contributed by atoms with Gasteiger partial charge in [-0.05, 0) is 31.2 Å². The third-order valence-corrected chi connectivity index (χ3v) is 3.91. The van der Waals surface area contributed by atoms with Crippen molar-refractivity contribution in [3.63, 3.8) is 0 Å². The van der Waals surface area contributed by atoms with Crippen LogP contribution in [-0.2, 0) is 14.4 Å². The largest absolute Gasteiger partial charge is 0.478 e. The Morgan fingerprint density at radius 1 is 1.18 bits per heavy atom. The smallest absolute Gasteiger partial charge is 0.279 e. The lowest BCUT2D eigenvalue weighted by Crippen LogP contribution is -2.49. The lowest BCUT2D eigenvalue weighted by atomic mass is 10.1. The van der Waals surface area contributed by atoms with Gasteiger partial charge in [0.25, 0.3) is 11.8 Å². The number of halogens is 1. The number of rotatable bonds is 5. The fourth-order valence-corrected chi connectivity index (χ4v) is 2.46. The molecule has 8 nitrogen and oxygen atoms in total. The average Bonchev–Trinajstić information content (AvgIpc) is 2.68. The molecule has 0 bridgehead atoms. The molecule has 2 aromatic rings. The molecule has 0 aromatic heterocycles. The first-order valence-corrected chi connectivity index (χ1v) is 8.50. The number of ether oxygens (including phenoxy) is 2. The van der Waals surface area contributed by atoms with Crippen molar-refractivity contribution in [2.24, 2.45) is 0 Å². The average molecular weight is 387 g/mol. The van der Waals surface area contributed by atoms with Crippen LogP contribution in [0.25, 0.3) is 0 Å². The molecule has 9 heteroatoms. The van der Waals surface area contributed by atoms with Crippen LogP contribution in [0.4, 0.5) is 10.1 Å². The first-order chi connectivity index (χ1) is 13.4. The molecule has 0 aliphatic carbocycles. The van der Waals surface area contributed by atoms with Gasteiger partial charge in [-0.2, -0.15) is 0 Å². The van der Waals surface area contributed by atoms with Crippen molar-refractivity contribution in [1.29, 1.82) is 0 Å². The predicted octanol–water partition coefficient (Wildman–Crippen LogP) is 1.53. The number of carbonyl (C=O) groups is 3. The summed E-state index contributed by atoms with van der Waals surface area (Å²) >= 11 is 0. The summed E-state index contributed by atoms with van der Waals surface area (Å²) in [5, 5.41) is 2.64. The van der Waals surface area contributed by atoms with Gasteiger partial charge in [0.05, 0.1) is 12.1 Å². The van der Waals surface area contributed by atoms with E-state index in [9.17, 15) is 18.8 Å². The molecule has 0 saturated heterocycles. The highest BCUT2D eigenvalue weighted by Crippen LogP contribution is 2.29. The van der Waals surface area contributed by atoms with E-state index in [2.05, 4.69) is 16.2 Å². The summed E-state index contributed by atoms with van der Waals surface area (Å²) in [5.41, 5.74) is 4.88. The van der Waals surface area contributed by atoms with Crippen molar-refractivity contribution in [2.45, 2.75) is 25.6 Å². The van der Waals surface area contributed by atoms with E-state index in [1.807, 2.05) is 0 Å². The minimum atomic E-state index is -1.06. The second-order valence-electron chi connectivity index (χ2n) is 6.02. The van der Waals surface area contributed by atoms with Crippen LogP contribution in [0.2, 0.25) is 0 Å². The number of hydrazine groups is 1. The van der Waals surface area contributed by atoms with Gasteiger partial charge in [0.1, 0.15) is 5.75 Å². The Balaban J connectivity index is 1.48. The predicted molar refractivity (Wildman–Crippen MR) is 96.9 cm³/mol. The van der Waals surface area contributed by atoms with Gasteiger partial charge in [-0.15, -0.1) is 0 Å². The molecule has 3 amide bonds. The number of amides is 3. The molecule has 0 unspecified atom stereocenters. The van der Waals surface area contributed by atoms with Gasteiger partial charge in [0.2, 0.25) is 5.91 Å². The van der Waals surface area contributed by atoms with E-state index >= 15 is 0 Å². The van der Waals surface area contributed by atoms with Crippen molar-refractivity contribution in [3.05, 3.63) is 54.3 Å². The van der Waals surface area contributed by atoms with E-state index in [1.54, 1.807) is 30.3 Å². The molecule has 146 valence electrons. The van der Waals surface area contributed by atoms with E-state index in [-0.39, 0.29) is 12.2 Å². The highest BCUT2D eigenvalue weighted by Gasteiger charge is 2.29. The molecule has 2 aromatic carbocycles. The van der Waals surface area contributed by atoms with E-state index in [4.69, 9.17) is 9.47 Å².